The van der Waals surface area contributed by atoms with Crippen LogP contribution < -0.4 is 0 Å². The van der Waals surface area contributed by atoms with E-state index in [4.69, 9.17) is 18.6 Å². The second kappa shape index (κ2) is 4.59. The van der Waals surface area contributed by atoms with E-state index < -0.39 is 26.2 Å². The van der Waals surface area contributed by atoms with Crippen molar-refractivity contribution in [1.82, 2.24) is 0 Å². The minimum absolute atomic E-state index is 0.0707. The Hall–Kier alpha value is -1.59. The molecule has 2 heterocycles. The van der Waals surface area contributed by atoms with Crippen molar-refractivity contribution in [1.29, 1.82) is 0 Å². The molecule has 0 aromatic carbocycles. The molecule has 18 heavy (non-hydrogen) atoms. The van der Waals surface area contributed by atoms with Crippen molar-refractivity contribution in [2.75, 3.05) is 0 Å². The Morgan fingerprint density at radius 2 is 1.06 bits per heavy atom. The van der Waals surface area contributed by atoms with Crippen LogP contribution in [0.15, 0.2) is 11.5 Å². The molecule has 0 aliphatic carbocycles. The number of rotatable bonds is 2. The summed E-state index contributed by atoms with van der Waals surface area (Å²) in [7, 11) is -1.58. The number of carbonyl (C=O) groups is 2. The Morgan fingerprint density at radius 3 is 1.33 bits per heavy atom. The zero-order valence-electron chi connectivity index (χ0n) is 10.8. The van der Waals surface area contributed by atoms with Crippen molar-refractivity contribution >= 4 is 26.2 Å². The first-order valence-electron chi connectivity index (χ1n) is 5.89. The van der Waals surface area contributed by atoms with Crippen molar-refractivity contribution in [2.24, 2.45) is 0 Å². The van der Waals surface area contributed by atoms with E-state index in [1.54, 1.807) is 0 Å². The summed E-state index contributed by atoms with van der Waals surface area (Å²) in [4.78, 5) is 23.5. The predicted octanol–water partition coefficient (Wildman–Crippen LogP) is 1.14. The van der Waals surface area contributed by atoms with E-state index in [0.29, 0.717) is 0 Å². The van der Waals surface area contributed by atoms with Gasteiger partial charge in [-0.1, -0.05) is 27.7 Å². The van der Waals surface area contributed by atoms with Crippen LogP contribution in [0.5, 0.6) is 0 Å². The van der Waals surface area contributed by atoms with E-state index in [0.717, 1.165) is 0 Å². The van der Waals surface area contributed by atoms with Crippen LogP contribution in [0.3, 0.4) is 0 Å². The predicted molar refractivity (Wildman–Crippen MR) is 63.1 cm³/mol. The molecule has 0 amide bonds. The van der Waals surface area contributed by atoms with Gasteiger partial charge in [-0.25, -0.2) is 9.59 Å². The lowest BCUT2D eigenvalue weighted by Gasteiger charge is -2.31. The van der Waals surface area contributed by atoms with Crippen molar-refractivity contribution < 1.29 is 28.2 Å². The number of hydrogen-bond acceptors (Lipinski definition) is 6. The fourth-order valence-electron chi connectivity index (χ4n) is 1.53. The summed E-state index contributed by atoms with van der Waals surface area (Å²) in [5, 5.41) is 0. The Kier molecular flexibility index (Phi) is 3.28. The second-order valence-corrected chi connectivity index (χ2v) is 4.93. The Balaban J connectivity index is 2.27. The average molecular weight is 252 g/mol. The van der Waals surface area contributed by atoms with Gasteiger partial charge in [0.2, 0.25) is 11.5 Å². The highest BCUT2D eigenvalue weighted by Crippen LogP contribution is 2.30. The quantitative estimate of drug-likeness (QED) is 0.686. The van der Waals surface area contributed by atoms with Crippen molar-refractivity contribution in [2.45, 2.75) is 39.3 Å². The number of carbonyl (C=O) groups excluding carboxylic acids is 2. The van der Waals surface area contributed by atoms with E-state index in [1.807, 2.05) is 27.7 Å². The maximum absolute atomic E-state index is 11.8. The van der Waals surface area contributed by atoms with Gasteiger partial charge >= 0.3 is 26.2 Å². The highest BCUT2D eigenvalue weighted by Gasteiger charge is 2.48. The first-order chi connectivity index (χ1) is 8.40. The summed E-state index contributed by atoms with van der Waals surface area (Å²) in [6, 6.07) is 0. The van der Waals surface area contributed by atoms with E-state index >= 15 is 0 Å². The zero-order valence-corrected chi connectivity index (χ0v) is 10.8. The molecule has 0 fully saturated rings. The van der Waals surface area contributed by atoms with Crippen LogP contribution in [0.1, 0.15) is 27.7 Å². The summed E-state index contributed by atoms with van der Waals surface area (Å²) >= 11 is 0. The van der Waals surface area contributed by atoms with Gasteiger partial charge < -0.3 is 18.6 Å². The minimum Gasteiger partial charge on any atom is -0.518 e. The molecular weight excluding hydrogens is 238 g/mol. The Labute approximate surface area is 106 Å². The van der Waals surface area contributed by atoms with Crippen molar-refractivity contribution in [3.63, 3.8) is 0 Å². The van der Waals surface area contributed by atoms with E-state index in [1.165, 1.54) is 0 Å². The molecule has 2 rings (SSSR count). The van der Waals surface area contributed by atoms with Gasteiger partial charge in [-0.15, -0.1) is 0 Å². The van der Waals surface area contributed by atoms with Gasteiger partial charge in [0.25, 0.3) is 0 Å². The minimum atomic E-state index is -0.789. The molecule has 6 nitrogen and oxygen atoms in total. The van der Waals surface area contributed by atoms with Crippen LogP contribution in [-0.2, 0) is 28.2 Å². The smallest absolute Gasteiger partial charge is 0.518 e. The average Bonchev–Trinajstić information content (AvgIpc) is 2.29. The molecule has 0 unspecified atom stereocenters. The highest BCUT2D eigenvalue weighted by atomic mass is 16.7. The van der Waals surface area contributed by atoms with E-state index in [-0.39, 0.29) is 23.2 Å². The molecule has 0 atom stereocenters. The topological polar surface area (TPSA) is 71.1 Å². The fourth-order valence-corrected chi connectivity index (χ4v) is 1.53. The van der Waals surface area contributed by atoms with Gasteiger partial charge in [-0.05, 0) is 0 Å². The first-order valence-corrected chi connectivity index (χ1v) is 5.89. The van der Waals surface area contributed by atoms with Gasteiger partial charge in [-0.3, -0.25) is 0 Å². The van der Waals surface area contributed by atoms with Crippen LogP contribution in [0.25, 0.3) is 0 Å². The first kappa shape index (κ1) is 12.9. The molecule has 96 valence electrons. The van der Waals surface area contributed by atoms with Gasteiger partial charge in [-0.2, -0.15) is 0 Å². The Bertz CT molecular complexity index is 379. The molecule has 0 bridgehead atoms. The van der Waals surface area contributed by atoms with Crippen molar-refractivity contribution in [3.8, 4) is 0 Å². The van der Waals surface area contributed by atoms with E-state index in [2.05, 4.69) is 0 Å². The molecule has 8 heteroatoms. The lowest BCUT2D eigenvalue weighted by molar-refractivity contribution is -0.145. The molecular formula is C10H14B2O6. The van der Waals surface area contributed by atoms with E-state index in [9.17, 15) is 9.59 Å². The molecule has 0 aromatic heterocycles. The van der Waals surface area contributed by atoms with Crippen LogP contribution >= 0.6 is 0 Å². The van der Waals surface area contributed by atoms with Crippen LogP contribution in [-0.4, -0.2) is 26.2 Å². The molecule has 2 aliphatic rings. The lowest BCUT2D eigenvalue weighted by Crippen LogP contribution is -2.45. The Morgan fingerprint density at radius 1 is 0.722 bits per heavy atom. The maximum atomic E-state index is 11.8. The molecule has 0 aromatic rings. The van der Waals surface area contributed by atoms with Gasteiger partial charge in [0.1, 0.15) is 0 Å². The van der Waals surface area contributed by atoms with Crippen LogP contribution in [0.4, 0.5) is 0 Å². The van der Waals surface area contributed by atoms with Gasteiger partial charge in [0, 0.05) is 11.6 Å². The fraction of sp³-hybridized carbons (Fsp3) is 0.600. The summed E-state index contributed by atoms with van der Waals surface area (Å²) < 4.78 is 20.7. The maximum Gasteiger partial charge on any atom is 0.599 e. The monoisotopic (exact) mass is 252 g/mol. The molecule has 0 N–H and O–H groups in total. The second-order valence-electron chi connectivity index (χ2n) is 4.93. The summed E-state index contributed by atoms with van der Waals surface area (Å²) in [6.07, 6.45) is 0. The highest BCUT2D eigenvalue weighted by molar-refractivity contribution is 6.54. The summed E-state index contributed by atoms with van der Waals surface area (Å²) in [5.41, 5.74) is 0. The SMILES string of the molecule is CC(C)B1OC(=O)C2=C(O1)C(=O)OB(C(C)C)O2. The molecule has 0 saturated carbocycles. The van der Waals surface area contributed by atoms with Crippen LogP contribution in [0, 0.1) is 0 Å². The zero-order chi connectivity index (χ0) is 13.4. The lowest BCUT2D eigenvalue weighted by atomic mass is 9.72. The molecule has 0 spiro atoms. The molecule has 0 saturated heterocycles. The van der Waals surface area contributed by atoms with Gasteiger partial charge in [0.05, 0.1) is 0 Å². The third-order valence-corrected chi connectivity index (χ3v) is 2.58. The summed E-state index contributed by atoms with van der Waals surface area (Å²) in [6.45, 7) is 7.26. The third kappa shape index (κ3) is 2.19. The largest absolute Gasteiger partial charge is 0.599 e. The normalized spacial score (nSPS) is 19.4. The summed E-state index contributed by atoms with van der Waals surface area (Å²) in [5.74, 6) is -1.89. The van der Waals surface area contributed by atoms with Gasteiger partial charge in [0.15, 0.2) is 0 Å². The number of hydrogen-bond donors (Lipinski definition) is 0. The van der Waals surface area contributed by atoms with Crippen LogP contribution in [0.2, 0.25) is 11.6 Å². The molecule has 2 aliphatic heterocycles. The van der Waals surface area contributed by atoms with Crippen molar-refractivity contribution in [3.05, 3.63) is 11.5 Å². The standard InChI is InChI=1S/C10H14B2O6/c1-5(2)11-15-7-8(9(13)17-11)16-12(6(3)4)18-10(7)14/h5-6H,1-4H3. The third-order valence-electron chi connectivity index (χ3n) is 2.58. The molecule has 0 radical (unpaired) electrons.